The van der Waals surface area contributed by atoms with Crippen LogP contribution >= 0.6 is 11.8 Å². The van der Waals surface area contributed by atoms with Gasteiger partial charge in [-0.25, -0.2) is 0 Å². The molecule has 3 rings (SSSR count). The lowest BCUT2D eigenvalue weighted by Crippen LogP contribution is -2.36. The minimum Gasteiger partial charge on any atom is -0.309 e. The zero-order valence-corrected chi connectivity index (χ0v) is 13.9. The lowest BCUT2D eigenvalue weighted by Gasteiger charge is -2.29. The van der Waals surface area contributed by atoms with Gasteiger partial charge in [0.05, 0.1) is 0 Å². The van der Waals surface area contributed by atoms with Crippen molar-refractivity contribution in [2.75, 3.05) is 12.8 Å². The van der Waals surface area contributed by atoms with E-state index in [0.717, 1.165) is 6.54 Å². The van der Waals surface area contributed by atoms with Gasteiger partial charge in [0.15, 0.2) is 0 Å². The fourth-order valence-corrected chi connectivity index (χ4v) is 4.47. The normalized spacial score (nSPS) is 19.0. The molecule has 2 heteroatoms. The highest BCUT2D eigenvalue weighted by Crippen LogP contribution is 2.40. The van der Waals surface area contributed by atoms with E-state index < -0.39 is 0 Å². The van der Waals surface area contributed by atoms with Crippen LogP contribution in [-0.2, 0) is 0 Å². The molecular formula is C19H25NS. The number of hydrogen-bond donors (Lipinski definition) is 1. The summed E-state index contributed by atoms with van der Waals surface area (Å²) in [5, 5.41) is 6.52. The van der Waals surface area contributed by atoms with Crippen molar-refractivity contribution in [3.63, 3.8) is 0 Å². The number of nitrogens with one attached hydrogen (secondary N) is 1. The third kappa shape index (κ3) is 3.12. The fourth-order valence-electron chi connectivity index (χ4n) is 3.55. The summed E-state index contributed by atoms with van der Waals surface area (Å²) in [7, 11) is 0. The van der Waals surface area contributed by atoms with Crippen molar-refractivity contribution in [2.24, 2.45) is 0 Å². The molecule has 0 bridgehead atoms. The van der Waals surface area contributed by atoms with Gasteiger partial charge in [0, 0.05) is 17.3 Å². The molecule has 1 N–H and O–H groups in total. The number of rotatable bonds is 5. The van der Waals surface area contributed by atoms with Crippen molar-refractivity contribution in [3.8, 4) is 0 Å². The summed E-state index contributed by atoms with van der Waals surface area (Å²) in [4.78, 5) is 0. The summed E-state index contributed by atoms with van der Waals surface area (Å²) in [6, 6.07) is 15.7. The lowest BCUT2D eigenvalue weighted by atomic mass is 9.99. The van der Waals surface area contributed by atoms with E-state index in [1.165, 1.54) is 42.0 Å². The van der Waals surface area contributed by atoms with E-state index in [2.05, 4.69) is 72.7 Å². The third-order valence-electron chi connectivity index (χ3n) is 4.97. The van der Waals surface area contributed by atoms with Gasteiger partial charge < -0.3 is 5.32 Å². The Morgan fingerprint density at radius 3 is 2.57 bits per heavy atom. The smallest absolute Gasteiger partial charge is 0.0298 e. The van der Waals surface area contributed by atoms with E-state index >= 15 is 0 Å². The quantitative estimate of drug-likeness (QED) is 0.817. The summed E-state index contributed by atoms with van der Waals surface area (Å²) in [6.07, 6.45) is 7.79. The van der Waals surface area contributed by atoms with Crippen LogP contribution in [0.5, 0.6) is 0 Å². The van der Waals surface area contributed by atoms with Gasteiger partial charge in [-0.05, 0) is 42.4 Å². The lowest BCUT2D eigenvalue weighted by molar-refractivity contribution is 0.488. The standard InChI is InChI=1S/C19H25NS/c1-15(20-14-19(21-2)12-5-6-13-19)17-11-7-9-16-8-3-4-10-18(16)17/h3-4,7-11,15,20H,5-6,12-14H2,1-2H3. The topological polar surface area (TPSA) is 12.0 Å². The van der Waals surface area contributed by atoms with Crippen LogP contribution in [0.4, 0.5) is 0 Å². The Labute approximate surface area is 132 Å². The molecule has 0 radical (unpaired) electrons. The van der Waals surface area contributed by atoms with E-state index in [4.69, 9.17) is 0 Å². The van der Waals surface area contributed by atoms with Gasteiger partial charge in [0.1, 0.15) is 0 Å². The van der Waals surface area contributed by atoms with Crippen molar-refractivity contribution in [2.45, 2.75) is 43.4 Å². The van der Waals surface area contributed by atoms with Gasteiger partial charge in [-0.1, -0.05) is 55.3 Å². The van der Waals surface area contributed by atoms with Crippen LogP contribution in [0.2, 0.25) is 0 Å². The third-order valence-corrected chi connectivity index (χ3v) is 6.39. The number of fused-ring (bicyclic) bond motifs is 1. The molecule has 0 aliphatic heterocycles. The second-order valence-corrected chi connectivity index (χ2v) is 7.54. The van der Waals surface area contributed by atoms with E-state index in [1.54, 1.807) is 0 Å². The molecule has 1 fully saturated rings. The first-order valence-electron chi connectivity index (χ1n) is 8.00. The molecule has 1 aliphatic rings. The molecule has 21 heavy (non-hydrogen) atoms. The summed E-state index contributed by atoms with van der Waals surface area (Å²) in [5.74, 6) is 0. The molecule has 0 heterocycles. The first-order valence-corrected chi connectivity index (χ1v) is 9.23. The van der Waals surface area contributed by atoms with Crippen LogP contribution in [0.15, 0.2) is 42.5 Å². The van der Waals surface area contributed by atoms with Crippen LogP contribution in [0.25, 0.3) is 10.8 Å². The highest BCUT2D eigenvalue weighted by atomic mass is 32.2. The predicted molar refractivity (Wildman–Crippen MR) is 95.1 cm³/mol. The van der Waals surface area contributed by atoms with Crippen molar-refractivity contribution in [1.82, 2.24) is 5.32 Å². The molecule has 112 valence electrons. The summed E-state index contributed by atoms with van der Waals surface area (Å²) < 4.78 is 0.471. The van der Waals surface area contributed by atoms with Gasteiger partial charge in [-0.3, -0.25) is 0 Å². The van der Waals surface area contributed by atoms with Crippen LogP contribution in [0.3, 0.4) is 0 Å². The molecule has 2 aromatic carbocycles. The molecule has 1 nitrogen and oxygen atoms in total. The first kappa shape index (κ1) is 14.9. The maximum Gasteiger partial charge on any atom is 0.0298 e. The SMILES string of the molecule is CSC1(CNC(C)c2cccc3ccccc23)CCCC1. The van der Waals surface area contributed by atoms with Crippen molar-refractivity contribution in [3.05, 3.63) is 48.0 Å². The molecule has 1 unspecified atom stereocenters. The Morgan fingerprint density at radius 1 is 1.10 bits per heavy atom. The number of hydrogen-bond acceptors (Lipinski definition) is 2. The average molecular weight is 299 g/mol. The van der Waals surface area contributed by atoms with Crippen LogP contribution in [0.1, 0.15) is 44.2 Å². The Morgan fingerprint density at radius 2 is 1.81 bits per heavy atom. The number of benzene rings is 2. The van der Waals surface area contributed by atoms with Crippen LogP contribution in [-0.4, -0.2) is 17.5 Å². The number of thioether (sulfide) groups is 1. The summed E-state index contributed by atoms with van der Waals surface area (Å²) >= 11 is 2.06. The van der Waals surface area contributed by atoms with Gasteiger partial charge in [0.2, 0.25) is 0 Å². The van der Waals surface area contributed by atoms with E-state index in [-0.39, 0.29) is 0 Å². The summed E-state index contributed by atoms with van der Waals surface area (Å²) in [6.45, 7) is 3.42. The van der Waals surface area contributed by atoms with Crippen LogP contribution < -0.4 is 5.32 Å². The van der Waals surface area contributed by atoms with E-state index in [9.17, 15) is 0 Å². The maximum absolute atomic E-state index is 3.80. The molecule has 1 saturated carbocycles. The Balaban J connectivity index is 1.76. The largest absolute Gasteiger partial charge is 0.309 e. The molecular weight excluding hydrogens is 274 g/mol. The molecule has 0 amide bonds. The van der Waals surface area contributed by atoms with E-state index in [0.29, 0.717) is 10.8 Å². The van der Waals surface area contributed by atoms with Gasteiger partial charge in [0.25, 0.3) is 0 Å². The highest BCUT2D eigenvalue weighted by molar-refractivity contribution is 8.00. The van der Waals surface area contributed by atoms with Gasteiger partial charge >= 0.3 is 0 Å². The zero-order chi connectivity index (χ0) is 14.7. The molecule has 0 spiro atoms. The van der Waals surface area contributed by atoms with Crippen molar-refractivity contribution in [1.29, 1.82) is 0 Å². The van der Waals surface area contributed by atoms with Crippen molar-refractivity contribution < 1.29 is 0 Å². The minimum atomic E-state index is 0.403. The molecule has 2 aromatic rings. The fraction of sp³-hybridized carbons (Fsp3) is 0.474. The molecule has 0 saturated heterocycles. The minimum absolute atomic E-state index is 0.403. The average Bonchev–Trinajstić information content (AvgIpc) is 3.01. The maximum atomic E-state index is 3.80. The zero-order valence-electron chi connectivity index (χ0n) is 13.1. The predicted octanol–water partition coefficient (Wildman–Crippen LogP) is 5.17. The second-order valence-electron chi connectivity index (χ2n) is 6.27. The molecule has 1 aliphatic carbocycles. The summed E-state index contributed by atoms with van der Waals surface area (Å²) in [5.41, 5.74) is 1.42. The van der Waals surface area contributed by atoms with Crippen LogP contribution in [0, 0.1) is 0 Å². The van der Waals surface area contributed by atoms with E-state index in [1.807, 2.05) is 0 Å². The Kier molecular flexibility index (Phi) is 4.56. The second kappa shape index (κ2) is 6.41. The van der Waals surface area contributed by atoms with Gasteiger partial charge in [-0.2, -0.15) is 11.8 Å². The Bertz CT molecular complexity index is 596. The molecule has 1 atom stereocenters. The monoisotopic (exact) mass is 299 g/mol. The van der Waals surface area contributed by atoms with Crippen molar-refractivity contribution >= 4 is 22.5 Å². The first-order chi connectivity index (χ1) is 10.2. The Hall–Kier alpha value is -0.990. The molecule has 0 aromatic heterocycles. The van der Waals surface area contributed by atoms with Gasteiger partial charge in [-0.15, -0.1) is 0 Å². The highest BCUT2D eigenvalue weighted by Gasteiger charge is 2.32.